The van der Waals surface area contributed by atoms with Gasteiger partial charge in [0.1, 0.15) is 0 Å². The van der Waals surface area contributed by atoms with Crippen molar-refractivity contribution in [2.75, 3.05) is 6.61 Å². The summed E-state index contributed by atoms with van der Waals surface area (Å²) < 4.78 is 7.71. The molecule has 0 aromatic carbocycles. The molecule has 1 rings (SSSR count). The van der Waals surface area contributed by atoms with Crippen LogP contribution in [0.25, 0.3) is 6.08 Å². The van der Waals surface area contributed by atoms with E-state index in [4.69, 9.17) is 4.74 Å². The van der Waals surface area contributed by atoms with Crippen LogP contribution in [0.2, 0.25) is 0 Å². The second-order valence-corrected chi connectivity index (χ2v) is 4.80. The Bertz CT molecular complexity index is 438. The average molecular weight is 315 g/mol. The maximum atomic E-state index is 11.1. The predicted molar refractivity (Wildman–Crippen MR) is 75.2 cm³/mol. The van der Waals surface area contributed by atoms with Crippen molar-refractivity contribution in [1.82, 2.24) is 9.78 Å². The molecule has 0 aliphatic rings. The van der Waals surface area contributed by atoms with Crippen LogP contribution in [0.1, 0.15) is 37.6 Å². The minimum absolute atomic E-state index is 0.124. The van der Waals surface area contributed by atoms with Gasteiger partial charge in [-0.2, -0.15) is 5.10 Å². The molecule has 1 aromatic heterocycles. The van der Waals surface area contributed by atoms with Crippen molar-refractivity contribution < 1.29 is 9.53 Å². The van der Waals surface area contributed by atoms with E-state index in [2.05, 4.69) is 21.0 Å². The van der Waals surface area contributed by atoms with Crippen LogP contribution in [0.3, 0.4) is 0 Å². The van der Waals surface area contributed by atoms with Gasteiger partial charge in [0, 0.05) is 19.2 Å². The van der Waals surface area contributed by atoms with Crippen LogP contribution >= 0.6 is 15.9 Å². The maximum absolute atomic E-state index is 11.1. The number of carbonyl (C=O) groups excluding carboxylic acids is 1. The van der Waals surface area contributed by atoms with E-state index in [1.165, 1.54) is 0 Å². The highest BCUT2D eigenvalue weighted by Gasteiger charge is 2.06. The van der Waals surface area contributed by atoms with Gasteiger partial charge in [-0.05, 0) is 48.7 Å². The smallest absolute Gasteiger partial charge is 0.305 e. The number of rotatable bonds is 6. The van der Waals surface area contributed by atoms with Crippen molar-refractivity contribution in [3.8, 4) is 0 Å². The number of allylic oxidation sites excluding steroid dienone is 1. The van der Waals surface area contributed by atoms with Gasteiger partial charge in [0.15, 0.2) is 0 Å². The number of aromatic nitrogens is 2. The Kier molecular flexibility index (Phi) is 6.12. The summed E-state index contributed by atoms with van der Waals surface area (Å²) in [5, 5.41) is 4.36. The first kappa shape index (κ1) is 15.0. The minimum Gasteiger partial charge on any atom is -0.466 e. The van der Waals surface area contributed by atoms with Gasteiger partial charge in [0.05, 0.1) is 16.8 Å². The summed E-state index contributed by atoms with van der Waals surface area (Å²) in [7, 11) is 1.91. The van der Waals surface area contributed by atoms with Crippen LogP contribution < -0.4 is 0 Å². The molecule has 0 radical (unpaired) electrons. The van der Waals surface area contributed by atoms with Gasteiger partial charge in [0.25, 0.3) is 0 Å². The molecule has 0 unspecified atom stereocenters. The fourth-order valence-electron chi connectivity index (χ4n) is 1.51. The Balaban J connectivity index is 2.37. The number of hydrogen-bond acceptors (Lipinski definition) is 3. The second-order valence-electron chi connectivity index (χ2n) is 4.01. The van der Waals surface area contributed by atoms with Crippen LogP contribution in [0, 0.1) is 6.92 Å². The Hall–Kier alpha value is -1.10. The number of hydrogen-bond donors (Lipinski definition) is 0. The monoisotopic (exact) mass is 314 g/mol. The van der Waals surface area contributed by atoms with E-state index in [1.54, 1.807) is 0 Å². The van der Waals surface area contributed by atoms with Crippen molar-refractivity contribution in [3.63, 3.8) is 0 Å². The number of aryl methyl sites for hydroxylation is 1. The zero-order valence-corrected chi connectivity index (χ0v) is 12.7. The first-order valence-electron chi connectivity index (χ1n) is 6.07. The molecular formula is C13H19BrN2O2. The largest absolute Gasteiger partial charge is 0.466 e. The third-order valence-corrected chi connectivity index (χ3v) is 3.60. The summed E-state index contributed by atoms with van der Waals surface area (Å²) >= 11 is 3.51. The number of esters is 1. The fourth-order valence-corrected chi connectivity index (χ4v) is 1.97. The molecular weight excluding hydrogens is 296 g/mol. The SMILES string of the molecule is CCOC(=O)CCC/C=C/c1nn(C)c(C)c1Br. The second kappa shape index (κ2) is 7.36. The van der Waals surface area contributed by atoms with E-state index < -0.39 is 0 Å². The molecule has 18 heavy (non-hydrogen) atoms. The van der Waals surface area contributed by atoms with Crippen LogP contribution in [-0.4, -0.2) is 22.4 Å². The van der Waals surface area contributed by atoms with E-state index in [0.717, 1.165) is 28.7 Å². The normalized spacial score (nSPS) is 11.1. The summed E-state index contributed by atoms with van der Waals surface area (Å²) in [5.74, 6) is -0.124. The Morgan fingerprint density at radius 2 is 2.28 bits per heavy atom. The molecule has 4 nitrogen and oxygen atoms in total. The van der Waals surface area contributed by atoms with Gasteiger partial charge < -0.3 is 4.74 Å². The summed E-state index contributed by atoms with van der Waals surface area (Å²) in [4.78, 5) is 11.1. The quantitative estimate of drug-likeness (QED) is 0.598. The Morgan fingerprint density at radius 1 is 1.56 bits per heavy atom. The highest BCUT2D eigenvalue weighted by atomic mass is 79.9. The lowest BCUT2D eigenvalue weighted by Crippen LogP contribution is -2.02. The van der Waals surface area contributed by atoms with Gasteiger partial charge in [-0.25, -0.2) is 0 Å². The van der Waals surface area contributed by atoms with Gasteiger partial charge in [0.2, 0.25) is 0 Å². The number of halogens is 1. The zero-order chi connectivity index (χ0) is 13.5. The summed E-state index contributed by atoms with van der Waals surface area (Å²) in [5.41, 5.74) is 2.02. The molecule has 0 aliphatic carbocycles. The standard InChI is InChI=1S/C13H19BrN2O2/c1-4-18-12(17)9-7-5-6-8-11-13(14)10(2)16(3)15-11/h6,8H,4-5,7,9H2,1-3H3/b8-6+. The third kappa shape index (κ3) is 4.29. The van der Waals surface area contributed by atoms with Crippen LogP contribution in [-0.2, 0) is 16.6 Å². The number of unbranched alkanes of at least 4 members (excludes halogenated alkanes) is 1. The summed E-state index contributed by atoms with van der Waals surface area (Å²) in [6.07, 6.45) is 6.13. The fraction of sp³-hybridized carbons (Fsp3) is 0.538. The predicted octanol–water partition coefficient (Wildman–Crippen LogP) is 3.24. The molecule has 0 aliphatic heterocycles. The zero-order valence-electron chi connectivity index (χ0n) is 11.1. The van der Waals surface area contributed by atoms with E-state index in [0.29, 0.717) is 13.0 Å². The van der Waals surface area contributed by atoms with E-state index in [9.17, 15) is 4.79 Å². The first-order chi connectivity index (χ1) is 8.56. The average Bonchev–Trinajstić information content (AvgIpc) is 2.57. The minimum atomic E-state index is -0.124. The lowest BCUT2D eigenvalue weighted by atomic mass is 10.2. The van der Waals surface area contributed by atoms with Crippen molar-refractivity contribution in [1.29, 1.82) is 0 Å². The number of nitrogens with zero attached hydrogens (tertiary/aromatic N) is 2. The lowest BCUT2D eigenvalue weighted by molar-refractivity contribution is -0.143. The van der Waals surface area contributed by atoms with Crippen molar-refractivity contribution in [2.45, 2.75) is 33.1 Å². The molecule has 0 N–H and O–H groups in total. The molecule has 100 valence electrons. The van der Waals surface area contributed by atoms with E-state index >= 15 is 0 Å². The maximum Gasteiger partial charge on any atom is 0.305 e. The first-order valence-corrected chi connectivity index (χ1v) is 6.86. The highest BCUT2D eigenvalue weighted by molar-refractivity contribution is 9.10. The van der Waals surface area contributed by atoms with Gasteiger partial charge in [-0.3, -0.25) is 9.48 Å². The molecule has 0 amide bonds. The molecule has 5 heteroatoms. The van der Waals surface area contributed by atoms with Crippen molar-refractivity contribution >= 4 is 28.0 Å². The van der Waals surface area contributed by atoms with Crippen LogP contribution in [0.5, 0.6) is 0 Å². The Labute approximate surface area is 116 Å². The molecule has 0 saturated heterocycles. The van der Waals surface area contributed by atoms with Gasteiger partial charge >= 0.3 is 5.97 Å². The summed E-state index contributed by atoms with van der Waals surface area (Å²) in [6.45, 7) is 4.28. The molecule has 0 bridgehead atoms. The highest BCUT2D eigenvalue weighted by Crippen LogP contribution is 2.21. The molecule has 0 spiro atoms. The van der Waals surface area contributed by atoms with Gasteiger partial charge in [-0.15, -0.1) is 0 Å². The third-order valence-electron chi connectivity index (χ3n) is 2.62. The number of ether oxygens (including phenoxy) is 1. The summed E-state index contributed by atoms with van der Waals surface area (Å²) in [6, 6.07) is 0. The molecule has 1 heterocycles. The van der Waals surface area contributed by atoms with Crippen molar-refractivity contribution in [3.05, 3.63) is 21.9 Å². The van der Waals surface area contributed by atoms with E-state index in [-0.39, 0.29) is 5.97 Å². The van der Waals surface area contributed by atoms with Crippen LogP contribution in [0.15, 0.2) is 10.5 Å². The molecule has 0 saturated carbocycles. The van der Waals surface area contributed by atoms with Crippen molar-refractivity contribution in [2.24, 2.45) is 7.05 Å². The number of carbonyl (C=O) groups is 1. The molecule has 0 atom stereocenters. The molecule has 1 aromatic rings. The lowest BCUT2D eigenvalue weighted by Gasteiger charge is -1.98. The Morgan fingerprint density at radius 3 is 2.83 bits per heavy atom. The van der Waals surface area contributed by atoms with E-state index in [1.807, 2.05) is 37.7 Å². The van der Waals surface area contributed by atoms with Crippen LogP contribution in [0.4, 0.5) is 0 Å². The molecule has 0 fully saturated rings. The van der Waals surface area contributed by atoms with Gasteiger partial charge in [-0.1, -0.05) is 6.08 Å². The topological polar surface area (TPSA) is 44.1 Å².